The minimum absolute atomic E-state index is 0.170. The van der Waals surface area contributed by atoms with Crippen LogP contribution in [0.25, 0.3) is 0 Å². The van der Waals surface area contributed by atoms with Crippen LogP contribution < -0.4 is 15.4 Å². The molecule has 0 saturated carbocycles. The van der Waals surface area contributed by atoms with Crippen LogP contribution >= 0.6 is 0 Å². The zero-order valence-electron chi connectivity index (χ0n) is 11.7. The van der Waals surface area contributed by atoms with Crippen LogP contribution in [0.1, 0.15) is 13.8 Å². The number of ether oxygens (including phenoxy) is 2. The van der Waals surface area contributed by atoms with Gasteiger partial charge in [-0.05, 0) is 5.92 Å². The summed E-state index contributed by atoms with van der Waals surface area (Å²) in [4.78, 5) is 8.33. The highest BCUT2D eigenvalue weighted by Crippen LogP contribution is 2.29. The fourth-order valence-electron chi connectivity index (χ4n) is 1.60. The lowest BCUT2D eigenvalue weighted by molar-refractivity contribution is 0.171. The van der Waals surface area contributed by atoms with Crippen molar-refractivity contribution in [3.05, 3.63) is 6.33 Å². The molecule has 1 aromatic rings. The number of hydrogen-bond donors (Lipinski definition) is 2. The number of aromatic nitrogens is 2. The van der Waals surface area contributed by atoms with Crippen molar-refractivity contribution in [1.82, 2.24) is 9.97 Å². The Morgan fingerprint density at radius 1 is 1.22 bits per heavy atom. The lowest BCUT2D eigenvalue weighted by Crippen LogP contribution is -2.31. The number of rotatable bonds is 7. The molecule has 0 bridgehead atoms. The number of nitrogens with one attached hydrogen (secondary N) is 2. The predicted molar refractivity (Wildman–Crippen MR) is 72.3 cm³/mol. The van der Waals surface area contributed by atoms with Crippen molar-refractivity contribution in [3.8, 4) is 5.75 Å². The Labute approximate surface area is 108 Å². The molecule has 0 aliphatic rings. The number of hydrogen-bond acceptors (Lipinski definition) is 6. The zero-order chi connectivity index (χ0) is 13.5. The van der Waals surface area contributed by atoms with Gasteiger partial charge in [0.2, 0.25) is 5.75 Å². The van der Waals surface area contributed by atoms with E-state index in [1.54, 1.807) is 21.3 Å². The van der Waals surface area contributed by atoms with Crippen LogP contribution in [0.15, 0.2) is 6.33 Å². The molecule has 0 amide bonds. The van der Waals surface area contributed by atoms with Crippen LogP contribution in [-0.2, 0) is 4.74 Å². The molecule has 0 aliphatic heterocycles. The van der Waals surface area contributed by atoms with Gasteiger partial charge in [-0.25, -0.2) is 9.97 Å². The highest BCUT2D eigenvalue weighted by atomic mass is 16.5. The molecule has 1 unspecified atom stereocenters. The number of anilines is 2. The summed E-state index contributed by atoms with van der Waals surface area (Å²) in [6.45, 7) is 4.87. The highest BCUT2D eigenvalue weighted by molar-refractivity contribution is 5.63. The summed E-state index contributed by atoms with van der Waals surface area (Å²) in [6, 6.07) is 0.170. The highest BCUT2D eigenvalue weighted by Gasteiger charge is 2.18. The van der Waals surface area contributed by atoms with E-state index in [2.05, 4.69) is 34.4 Å². The molecule has 0 fully saturated rings. The van der Waals surface area contributed by atoms with E-state index in [1.807, 2.05) is 0 Å². The fourth-order valence-corrected chi connectivity index (χ4v) is 1.60. The average molecular weight is 254 g/mol. The smallest absolute Gasteiger partial charge is 0.204 e. The van der Waals surface area contributed by atoms with E-state index < -0.39 is 0 Å². The largest absolute Gasteiger partial charge is 0.490 e. The second-order valence-corrected chi connectivity index (χ2v) is 4.30. The SMILES string of the molecule is CNc1ncnc(NC(COC)C(C)C)c1OC. The quantitative estimate of drug-likeness (QED) is 0.770. The van der Waals surface area contributed by atoms with Crippen molar-refractivity contribution < 1.29 is 9.47 Å². The van der Waals surface area contributed by atoms with Gasteiger partial charge in [0.25, 0.3) is 0 Å². The second kappa shape index (κ2) is 7.00. The molecule has 0 spiro atoms. The van der Waals surface area contributed by atoms with Gasteiger partial charge in [-0.1, -0.05) is 13.8 Å². The van der Waals surface area contributed by atoms with Gasteiger partial charge in [0.1, 0.15) is 6.33 Å². The van der Waals surface area contributed by atoms with Crippen molar-refractivity contribution in [1.29, 1.82) is 0 Å². The molecule has 1 rings (SSSR count). The van der Waals surface area contributed by atoms with Gasteiger partial charge >= 0.3 is 0 Å². The van der Waals surface area contributed by atoms with Gasteiger partial charge in [-0.3, -0.25) is 0 Å². The van der Waals surface area contributed by atoms with Gasteiger partial charge < -0.3 is 20.1 Å². The molecule has 102 valence electrons. The summed E-state index contributed by atoms with van der Waals surface area (Å²) in [7, 11) is 5.09. The number of nitrogens with zero attached hydrogens (tertiary/aromatic N) is 2. The zero-order valence-corrected chi connectivity index (χ0v) is 11.7. The van der Waals surface area contributed by atoms with E-state index in [0.29, 0.717) is 29.9 Å². The first-order valence-corrected chi connectivity index (χ1v) is 5.96. The summed E-state index contributed by atoms with van der Waals surface area (Å²) in [5.74, 6) is 2.37. The van der Waals surface area contributed by atoms with Crippen LogP contribution in [0.3, 0.4) is 0 Å². The third-order valence-corrected chi connectivity index (χ3v) is 2.72. The molecular weight excluding hydrogens is 232 g/mol. The Hall–Kier alpha value is -1.56. The lowest BCUT2D eigenvalue weighted by Gasteiger charge is -2.23. The first kappa shape index (κ1) is 14.5. The molecule has 18 heavy (non-hydrogen) atoms. The van der Waals surface area contributed by atoms with Gasteiger partial charge in [0, 0.05) is 14.2 Å². The maximum Gasteiger partial charge on any atom is 0.204 e. The van der Waals surface area contributed by atoms with E-state index in [4.69, 9.17) is 9.47 Å². The van der Waals surface area contributed by atoms with E-state index in [-0.39, 0.29) is 6.04 Å². The van der Waals surface area contributed by atoms with E-state index >= 15 is 0 Å². The van der Waals surface area contributed by atoms with Gasteiger partial charge in [-0.15, -0.1) is 0 Å². The molecule has 1 aromatic heterocycles. The minimum atomic E-state index is 0.170. The summed E-state index contributed by atoms with van der Waals surface area (Å²) >= 11 is 0. The molecule has 1 heterocycles. The summed E-state index contributed by atoms with van der Waals surface area (Å²) < 4.78 is 10.5. The molecular formula is C12H22N4O2. The first-order chi connectivity index (χ1) is 8.63. The standard InChI is InChI=1S/C12H22N4O2/c1-8(2)9(6-17-4)16-12-10(18-5)11(13-3)14-7-15-12/h7-9H,6H2,1-5H3,(H2,13,14,15,16). The van der Waals surface area contributed by atoms with Crippen molar-refractivity contribution in [2.75, 3.05) is 38.5 Å². The van der Waals surface area contributed by atoms with Gasteiger partial charge in [0.05, 0.1) is 19.8 Å². The Bertz CT molecular complexity index is 371. The van der Waals surface area contributed by atoms with Crippen LogP contribution in [0.4, 0.5) is 11.6 Å². The normalized spacial score (nSPS) is 12.3. The molecule has 1 atom stereocenters. The second-order valence-electron chi connectivity index (χ2n) is 4.30. The molecule has 6 heteroatoms. The Kier molecular flexibility index (Phi) is 5.64. The fraction of sp³-hybridized carbons (Fsp3) is 0.667. The average Bonchev–Trinajstić information content (AvgIpc) is 2.37. The molecule has 2 N–H and O–H groups in total. The number of methoxy groups -OCH3 is 2. The van der Waals surface area contributed by atoms with Crippen molar-refractivity contribution >= 4 is 11.6 Å². The predicted octanol–water partition coefficient (Wildman–Crippen LogP) is 1.61. The van der Waals surface area contributed by atoms with E-state index in [1.165, 1.54) is 6.33 Å². The van der Waals surface area contributed by atoms with Gasteiger partial charge in [0.15, 0.2) is 11.6 Å². The first-order valence-electron chi connectivity index (χ1n) is 5.96. The molecule has 6 nitrogen and oxygen atoms in total. The van der Waals surface area contributed by atoms with Crippen LogP contribution in [0.5, 0.6) is 5.75 Å². The Morgan fingerprint density at radius 2 is 1.89 bits per heavy atom. The third-order valence-electron chi connectivity index (χ3n) is 2.72. The van der Waals surface area contributed by atoms with Crippen molar-refractivity contribution in [2.24, 2.45) is 5.92 Å². The van der Waals surface area contributed by atoms with Crippen molar-refractivity contribution in [2.45, 2.75) is 19.9 Å². The maximum atomic E-state index is 5.34. The monoisotopic (exact) mass is 254 g/mol. The summed E-state index contributed by atoms with van der Waals surface area (Å²) in [6.07, 6.45) is 1.50. The molecule has 0 aliphatic carbocycles. The summed E-state index contributed by atoms with van der Waals surface area (Å²) in [5.41, 5.74) is 0. The van der Waals surface area contributed by atoms with E-state index in [9.17, 15) is 0 Å². The third kappa shape index (κ3) is 3.46. The van der Waals surface area contributed by atoms with Crippen LogP contribution in [0, 0.1) is 5.92 Å². The minimum Gasteiger partial charge on any atom is -0.490 e. The molecule has 0 aromatic carbocycles. The lowest BCUT2D eigenvalue weighted by atomic mass is 10.1. The Morgan fingerprint density at radius 3 is 2.39 bits per heavy atom. The van der Waals surface area contributed by atoms with Gasteiger partial charge in [-0.2, -0.15) is 0 Å². The molecule has 0 radical (unpaired) electrons. The topological polar surface area (TPSA) is 68.3 Å². The summed E-state index contributed by atoms with van der Waals surface area (Å²) in [5, 5.41) is 6.31. The van der Waals surface area contributed by atoms with Crippen LogP contribution in [-0.4, -0.2) is 43.9 Å². The maximum absolute atomic E-state index is 5.34. The van der Waals surface area contributed by atoms with E-state index in [0.717, 1.165) is 0 Å². The van der Waals surface area contributed by atoms with Crippen molar-refractivity contribution in [3.63, 3.8) is 0 Å². The molecule has 0 saturated heterocycles. The Balaban J connectivity index is 2.94. The van der Waals surface area contributed by atoms with Crippen LogP contribution in [0.2, 0.25) is 0 Å².